The number of hydrogen-bond donors (Lipinski definition) is 3. The first-order chi connectivity index (χ1) is 16.2. The monoisotopic (exact) mass is 507 g/mol. The van der Waals surface area contributed by atoms with Crippen molar-refractivity contribution in [3.8, 4) is 0 Å². The zero-order valence-electron chi connectivity index (χ0n) is 20.1. The number of halogens is 3. The van der Waals surface area contributed by atoms with Crippen molar-refractivity contribution in [1.29, 1.82) is 0 Å². The van der Waals surface area contributed by atoms with E-state index in [1.807, 2.05) is 19.1 Å². The van der Waals surface area contributed by atoms with Gasteiger partial charge in [-0.1, -0.05) is 31.2 Å². The van der Waals surface area contributed by atoms with E-state index < -0.39 is 23.8 Å². The van der Waals surface area contributed by atoms with Crippen LogP contribution in [0.3, 0.4) is 0 Å². The molecule has 1 heterocycles. The second-order valence-electron chi connectivity index (χ2n) is 8.48. The van der Waals surface area contributed by atoms with Crippen molar-refractivity contribution in [2.24, 2.45) is 0 Å². The van der Waals surface area contributed by atoms with Crippen LogP contribution in [-0.2, 0) is 24.1 Å². The first-order valence-corrected chi connectivity index (χ1v) is 11.4. The van der Waals surface area contributed by atoms with Crippen molar-refractivity contribution in [2.75, 3.05) is 6.54 Å². The molecule has 0 radical (unpaired) electrons. The Labute approximate surface area is 210 Å². The summed E-state index contributed by atoms with van der Waals surface area (Å²) in [5.74, 6) is -0.477. The van der Waals surface area contributed by atoms with Gasteiger partial charge in [0.05, 0.1) is 18.3 Å². The maximum atomic E-state index is 13.6. The SMILES string of the molecule is CCc1cccc(C(Cc2ncc(C)o2)NC[C@@H](O)[C@H](Cc2cc(F)cc(F)c2)NC(C)=O)c1.Cl. The van der Waals surface area contributed by atoms with Gasteiger partial charge in [0, 0.05) is 32.0 Å². The number of amides is 1. The van der Waals surface area contributed by atoms with Crippen LogP contribution in [0.2, 0.25) is 0 Å². The Kier molecular flexibility index (Phi) is 10.8. The highest BCUT2D eigenvalue weighted by molar-refractivity contribution is 5.85. The minimum absolute atomic E-state index is 0. The number of benzene rings is 2. The number of rotatable bonds is 11. The van der Waals surface area contributed by atoms with Crippen LogP contribution in [-0.4, -0.2) is 34.7 Å². The van der Waals surface area contributed by atoms with Crippen LogP contribution in [0.5, 0.6) is 0 Å². The number of hydrogen-bond acceptors (Lipinski definition) is 5. The smallest absolute Gasteiger partial charge is 0.217 e. The molecular formula is C26H32ClF2N3O3. The molecule has 190 valence electrons. The number of aliphatic hydroxyl groups excluding tert-OH is 1. The normalized spacial score (nSPS) is 13.5. The van der Waals surface area contributed by atoms with Gasteiger partial charge in [-0.05, 0) is 48.6 Å². The molecule has 6 nitrogen and oxygen atoms in total. The van der Waals surface area contributed by atoms with Crippen molar-refractivity contribution in [1.82, 2.24) is 15.6 Å². The maximum absolute atomic E-state index is 13.6. The molecule has 3 aromatic rings. The highest BCUT2D eigenvalue weighted by Gasteiger charge is 2.24. The Morgan fingerprint density at radius 2 is 1.83 bits per heavy atom. The molecule has 35 heavy (non-hydrogen) atoms. The molecule has 0 aliphatic heterocycles. The van der Waals surface area contributed by atoms with E-state index in [0.29, 0.717) is 23.6 Å². The van der Waals surface area contributed by atoms with Gasteiger partial charge in [-0.25, -0.2) is 13.8 Å². The third-order valence-electron chi connectivity index (χ3n) is 5.61. The zero-order valence-corrected chi connectivity index (χ0v) is 20.9. The van der Waals surface area contributed by atoms with E-state index in [4.69, 9.17) is 4.42 Å². The van der Waals surface area contributed by atoms with Gasteiger partial charge in [0.1, 0.15) is 17.4 Å². The second-order valence-corrected chi connectivity index (χ2v) is 8.48. The lowest BCUT2D eigenvalue weighted by molar-refractivity contribution is -0.120. The Balaban J connectivity index is 0.00000432. The second kappa shape index (κ2) is 13.3. The van der Waals surface area contributed by atoms with Gasteiger partial charge in [-0.2, -0.15) is 0 Å². The van der Waals surface area contributed by atoms with Crippen molar-refractivity contribution in [3.63, 3.8) is 0 Å². The number of oxazole rings is 1. The standard InChI is InChI=1S/C26H31F2N3O3.ClH/c1-4-18-6-5-7-20(8-18)23(13-26-30-14-16(2)34-26)29-15-25(33)24(31-17(3)32)11-19-9-21(27)12-22(28)10-19;/h5-10,12,14,23-25,29,33H,4,11,13,15H2,1-3H3,(H,31,32);1H/t23?,24-,25+;/m0./s1. The molecule has 0 fully saturated rings. The molecule has 0 aliphatic rings. The molecule has 1 aromatic heterocycles. The average molecular weight is 508 g/mol. The van der Waals surface area contributed by atoms with Gasteiger partial charge in [0.25, 0.3) is 0 Å². The van der Waals surface area contributed by atoms with Crippen molar-refractivity contribution in [3.05, 3.63) is 88.6 Å². The lowest BCUT2D eigenvalue weighted by Gasteiger charge is -2.27. The molecule has 0 saturated carbocycles. The van der Waals surface area contributed by atoms with E-state index in [9.17, 15) is 18.7 Å². The molecule has 2 aromatic carbocycles. The summed E-state index contributed by atoms with van der Waals surface area (Å²) in [6.45, 7) is 5.37. The number of carbonyl (C=O) groups is 1. The fraction of sp³-hybridized carbons (Fsp3) is 0.385. The summed E-state index contributed by atoms with van der Waals surface area (Å²) in [7, 11) is 0. The first kappa shape index (κ1) is 28.4. The predicted molar refractivity (Wildman–Crippen MR) is 132 cm³/mol. The number of aliphatic hydroxyl groups is 1. The number of aryl methyl sites for hydroxylation is 2. The van der Waals surface area contributed by atoms with E-state index in [1.54, 1.807) is 6.20 Å². The van der Waals surface area contributed by atoms with Crippen molar-refractivity contribution < 1.29 is 23.1 Å². The van der Waals surface area contributed by atoms with Gasteiger partial charge in [-0.3, -0.25) is 4.79 Å². The first-order valence-electron chi connectivity index (χ1n) is 11.4. The lowest BCUT2D eigenvalue weighted by Crippen LogP contribution is -2.48. The molecule has 1 amide bonds. The Bertz CT molecular complexity index is 1090. The summed E-state index contributed by atoms with van der Waals surface area (Å²) in [5, 5.41) is 17.0. The zero-order chi connectivity index (χ0) is 24.7. The number of carbonyl (C=O) groups excluding carboxylic acids is 1. The van der Waals surface area contributed by atoms with E-state index in [-0.39, 0.29) is 37.3 Å². The van der Waals surface area contributed by atoms with E-state index in [0.717, 1.165) is 18.1 Å². The van der Waals surface area contributed by atoms with Crippen LogP contribution in [0.25, 0.3) is 0 Å². The summed E-state index contributed by atoms with van der Waals surface area (Å²) < 4.78 is 32.9. The third kappa shape index (κ3) is 8.72. The van der Waals surface area contributed by atoms with Crippen LogP contribution >= 0.6 is 12.4 Å². The predicted octanol–water partition coefficient (Wildman–Crippen LogP) is 4.23. The number of nitrogens with zero attached hydrogens (tertiary/aromatic N) is 1. The Morgan fingerprint density at radius 1 is 1.11 bits per heavy atom. The molecular weight excluding hydrogens is 476 g/mol. The van der Waals surface area contributed by atoms with E-state index in [2.05, 4.69) is 34.7 Å². The molecule has 0 saturated heterocycles. The Morgan fingerprint density at radius 3 is 2.43 bits per heavy atom. The quantitative estimate of drug-likeness (QED) is 0.361. The summed E-state index contributed by atoms with van der Waals surface area (Å²) in [4.78, 5) is 16.0. The summed E-state index contributed by atoms with van der Waals surface area (Å²) >= 11 is 0. The lowest BCUT2D eigenvalue weighted by atomic mass is 9.98. The van der Waals surface area contributed by atoms with Crippen molar-refractivity contribution in [2.45, 2.75) is 58.2 Å². The summed E-state index contributed by atoms with van der Waals surface area (Å²) in [6.07, 6.45) is 2.07. The molecule has 0 spiro atoms. The minimum Gasteiger partial charge on any atom is -0.446 e. The Hall–Kier alpha value is -2.81. The topological polar surface area (TPSA) is 87.4 Å². The number of aromatic nitrogens is 1. The fourth-order valence-corrected chi connectivity index (χ4v) is 3.94. The largest absolute Gasteiger partial charge is 0.446 e. The molecule has 0 bridgehead atoms. The molecule has 3 N–H and O–H groups in total. The van der Waals surface area contributed by atoms with Gasteiger partial charge in [0.15, 0.2) is 5.89 Å². The van der Waals surface area contributed by atoms with Gasteiger partial charge < -0.3 is 20.2 Å². The van der Waals surface area contributed by atoms with Gasteiger partial charge in [0.2, 0.25) is 5.91 Å². The van der Waals surface area contributed by atoms with Crippen LogP contribution in [0.1, 0.15) is 48.2 Å². The highest BCUT2D eigenvalue weighted by Crippen LogP contribution is 2.21. The molecule has 3 atom stereocenters. The highest BCUT2D eigenvalue weighted by atomic mass is 35.5. The van der Waals surface area contributed by atoms with Crippen LogP contribution in [0, 0.1) is 18.6 Å². The van der Waals surface area contributed by atoms with E-state index >= 15 is 0 Å². The molecule has 0 aliphatic carbocycles. The average Bonchev–Trinajstić information content (AvgIpc) is 3.19. The molecule has 3 rings (SSSR count). The van der Waals surface area contributed by atoms with Gasteiger partial charge >= 0.3 is 0 Å². The maximum Gasteiger partial charge on any atom is 0.217 e. The van der Waals surface area contributed by atoms with Crippen LogP contribution in [0.4, 0.5) is 8.78 Å². The molecule has 1 unspecified atom stereocenters. The minimum atomic E-state index is -1.02. The summed E-state index contributed by atoms with van der Waals surface area (Å²) in [6, 6.07) is 10.4. The van der Waals surface area contributed by atoms with E-state index in [1.165, 1.54) is 24.6 Å². The van der Waals surface area contributed by atoms with Crippen LogP contribution < -0.4 is 10.6 Å². The third-order valence-corrected chi connectivity index (χ3v) is 5.61. The van der Waals surface area contributed by atoms with Gasteiger partial charge in [-0.15, -0.1) is 12.4 Å². The van der Waals surface area contributed by atoms with Crippen molar-refractivity contribution >= 4 is 18.3 Å². The molecule has 9 heteroatoms. The number of nitrogens with one attached hydrogen (secondary N) is 2. The fourth-order valence-electron chi connectivity index (χ4n) is 3.94. The summed E-state index contributed by atoms with van der Waals surface area (Å²) in [5.41, 5.74) is 2.54. The van der Waals surface area contributed by atoms with Crippen LogP contribution in [0.15, 0.2) is 53.1 Å².